The number of amides is 1. The number of hydrogen-bond acceptors (Lipinski definition) is 4. The fraction of sp³-hybridized carbons (Fsp3) is 0.435. The fourth-order valence-corrected chi connectivity index (χ4v) is 5.62. The van der Waals surface area contributed by atoms with E-state index in [1.54, 1.807) is 22.8 Å². The number of carbonyl (C=O) groups excluding carboxylic acids is 1. The third-order valence-corrected chi connectivity index (χ3v) is 7.14. The van der Waals surface area contributed by atoms with E-state index < -0.39 is 6.04 Å². The predicted octanol–water partition coefficient (Wildman–Crippen LogP) is 4.72. The van der Waals surface area contributed by atoms with Crippen LogP contribution in [0.3, 0.4) is 0 Å². The number of nitrogens with zero attached hydrogens (tertiary/aromatic N) is 2. The minimum absolute atomic E-state index is 0.0879. The summed E-state index contributed by atoms with van der Waals surface area (Å²) < 4.78 is 1.56. The van der Waals surface area contributed by atoms with Crippen LogP contribution < -0.4 is 10.9 Å². The molecule has 29 heavy (non-hydrogen) atoms. The summed E-state index contributed by atoms with van der Waals surface area (Å²) in [6.45, 7) is 7.65. The highest BCUT2D eigenvalue weighted by Crippen LogP contribution is 2.34. The van der Waals surface area contributed by atoms with Gasteiger partial charge in [-0.25, -0.2) is 4.98 Å². The molecule has 0 saturated carbocycles. The van der Waals surface area contributed by atoms with Crippen molar-refractivity contribution < 1.29 is 4.79 Å². The van der Waals surface area contributed by atoms with Crippen LogP contribution in [0.25, 0.3) is 10.2 Å². The van der Waals surface area contributed by atoms with Crippen molar-refractivity contribution >= 4 is 33.1 Å². The first kappa shape index (κ1) is 19.8. The van der Waals surface area contributed by atoms with Crippen LogP contribution in [0.1, 0.15) is 60.1 Å². The van der Waals surface area contributed by atoms with E-state index in [4.69, 9.17) is 4.98 Å². The summed E-state index contributed by atoms with van der Waals surface area (Å²) in [4.78, 5) is 33.3. The maximum Gasteiger partial charge on any atom is 0.263 e. The molecule has 2 aromatic heterocycles. The molecule has 0 saturated heterocycles. The number of aryl methyl sites for hydroxylation is 5. The van der Waals surface area contributed by atoms with Crippen LogP contribution in [-0.4, -0.2) is 15.5 Å². The summed E-state index contributed by atoms with van der Waals surface area (Å²) in [6.07, 6.45) is 5.06. The van der Waals surface area contributed by atoms with Gasteiger partial charge in [0.05, 0.1) is 5.39 Å². The second-order valence-corrected chi connectivity index (χ2v) is 8.94. The van der Waals surface area contributed by atoms with Crippen molar-refractivity contribution in [1.29, 1.82) is 0 Å². The van der Waals surface area contributed by atoms with Crippen molar-refractivity contribution in [2.45, 2.75) is 65.8 Å². The van der Waals surface area contributed by atoms with E-state index in [-0.39, 0.29) is 11.5 Å². The van der Waals surface area contributed by atoms with Gasteiger partial charge in [-0.3, -0.25) is 14.2 Å². The van der Waals surface area contributed by atoms with Gasteiger partial charge in [0.15, 0.2) is 0 Å². The number of aromatic nitrogens is 2. The van der Waals surface area contributed by atoms with Crippen LogP contribution >= 0.6 is 11.3 Å². The molecule has 3 aromatic rings. The Morgan fingerprint density at radius 1 is 1.28 bits per heavy atom. The molecule has 2 heterocycles. The third kappa shape index (κ3) is 3.39. The average Bonchev–Trinajstić information content (AvgIpc) is 3.07. The van der Waals surface area contributed by atoms with Gasteiger partial charge in [-0.15, -0.1) is 11.3 Å². The Bertz CT molecular complexity index is 1160. The minimum atomic E-state index is -0.636. The van der Waals surface area contributed by atoms with E-state index >= 15 is 0 Å². The molecular formula is C23H27N3O2S. The number of thiophene rings is 1. The van der Waals surface area contributed by atoms with E-state index in [2.05, 4.69) is 12.2 Å². The largest absolute Gasteiger partial charge is 0.324 e. The molecule has 1 aliphatic carbocycles. The van der Waals surface area contributed by atoms with E-state index in [9.17, 15) is 9.59 Å². The Hall–Kier alpha value is -2.47. The van der Waals surface area contributed by atoms with Crippen molar-refractivity contribution in [3.8, 4) is 0 Å². The number of hydrogen-bond donors (Lipinski definition) is 1. The molecule has 0 aliphatic heterocycles. The summed E-state index contributed by atoms with van der Waals surface area (Å²) in [5.74, 6) is 0.397. The number of para-hydroxylation sites is 1. The molecule has 4 rings (SSSR count). The molecule has 1 N–H and O–H groups in total. The molecule has 6 heteroatoms. The smallest absolute Gasteiger partial charge is 0.263 e. The minimum Gasteiger partial charge on any atom is -0.324 e. The standard InChI is InChI=1S/C23H27N3O2S/c1-5-16-10-8-9-13(2)20(16)25-21(27)14(3)26-15(4)24-22-19(23(26)28)17-11-6-7-12-18(17)29-22/h8-10,14H,5-7,11-12H2,1-4H3,(H,25,27). The Balaban J connectivity index is 1.75. The second kappa shape index (κ2) is 7.75. The fourth-order valence-electron chi connectivity index (χ4n) is 4.32. The van der Waals surface area contributed by atoms with Gasteiger partial charge in [-0.1, -0.05) is 25.1 Å². The molecule has 0 bridgehead atoms. The van der Waals surface area contributed by atoms with Gasteiger partial charge in [-0.05, 0) is 69.6 Å². The first-order valence-corrected chi connectivity index (χ1v) is 11.2. The second-order valence-electron chi connectivity index (χ2n) is 7.85. The van der Waals surface area contributed by atoms with E-state index in [0.29, 0.717) is 5.82 Å². The quantitative estimate of drug-likeness (QED) is 0.678. The SMILES string of the molecule is CCc1cccc(C)c1NC(=O)C(C)n1c(C)nc2sc3c(c2c1=O)CCCC3. The molecule has 1 aromatic carbocycles. The highest BCUT2D eigenvalue weighted by Gasteiger charge is 2.25. The number of rotatable bonds is 4. The zero-order valence-electron chi connectivity index (χ0n) is 17.5. The maximum atomic E-state index is 13.4. The number of carbonyl (C=O) groups is 1. The maximum absolute atomic E-state index is 13.4. The highest BCUT2D eigenvalue weighted by atomic mass is 32.1. The number of benzene rings is 1. The molecule has 0 fully saturated rings. The van der Waals surface area contributed by atoms with Crippen molar-refractivity contribution in [1.82, 2.24) is 9.55 Å². The summed E-state index contributed by atoms with van der Waals surface area (Å²) in [5.41, 5.74) is 4.03. The summed E-state index contributed by atoms with van der Waals surface area (Å²) >= 11 is 1.64. The molecular weight excluding hydrogens is 382 g/mol. The van der Waals surface area contributed by atoms with Crippen LogP contribution in [0.5, 0.6) is 0 Å². The van der Waals surface area contributed by atoms with Crippen LogP contribution in [0.15, 0.2) is 23.0 Å². The molecule has 0 radical (unpaired) electrons. The van der Waals surface area contributed by atoms with Crippen molar-refractivity contribution in [3.05, 3.63) is 55.9 Å². The molecule has 1 aliphatic rings. The number of nitrogens with one attached hydrogen (secondary N) is 1. The Morgan fingerprint density at radius 3 is 2.79 bits per heavy atom. The molecule has 152 valence electrons. The molecule has 1 unspecified atom stereocenters. The van der Waals surface area contributed by atoms with E-state index in [1.165, 1.54) is 11.3 Å². The summed E-state index contributed by atoms with van der Waals surface area (Å²) in [5, 5.41) is 3.79. The van der Waals surface area contributed by atoms with Crippen molar-refractivity contribution in [2.24, 2.45) is 0 Å². The monoisotopic (exact) mass is 409 g/mol. The van der Waals surface area contributed by atoms with Crippen LogP contribution in [-0.2, 0) is 24.1 Å². The van der Waals surface area contributed by atoms with Gasteiger partial charge in [0, 0.05) is 10.6 Å². The Kier molecular flexibility index (Phi) is 5.30. The summed E-state index contributed by atoms with van der Waals surface area (Å²) in [7, 11) is 0. The van der Waals surface area contributed by atoms with Gasteiger partial charge < -0.3 is 5.32 Å². The molecule has 1 atom stereocenters. The first-order valence-electron chi connectivity index (χ1n) is 10.3. The lowest BCUT2D eigenvalue weighted by Gasteiger charge is -2.20. The van der Waals surface area contributed by atoms with Crippen LogP contribution in [0.2, 0.25) is 0 Å². The van der Waals surface area contributed by atoms with E-state index in [1.807, 2.05) is 32.0 Å². The van der Waals surface area contributed by atoms with Crippen molar-refractivity contribution in [2.75, 3.05) is 5.32 Å². The number of anilines is 1. The number of fused-ring (bicyclic) bond motifs is 3. The van der Waals surface area contributed by atoms with Crippen molar-refractivity contribution in [3.63, 3.8) is 0 Å². The Labute approximate surface area is 174 Å². The Morgan fingerprint density at radius 2 is 2.03 bits per heavy atom. The predicted molar refractivity (Wildman–Crippen MR) is 119 cm³/mol. The molecule has 0 spiro atoms. The lowest BCUT2D eigenvalue weighted by Crippen LogP contribution is -2.34. The third-order valence-electron chi connectivity index (χ3n) is 5.95. The lowest BCUT2D eigenvalue weighted by atomic mass is 9.97. The first-order chi connectivity index (χ1) is 13.9. The van der Waals surface area contributed by atoms with E-state index in [0.717, 1.165) is 58.3 Å². The molecule has 5 nitrogen and oxygen atoms in total. The van der Waals surface area contributed by atoms with Gasteiger partial charge >= 0.3 is 0 Å². The van der Waals surface area contributed by atoms with Gasteiger partial charge in [0.25, 0.3) is 5.56 Å². The van der Waals surface area contributed by atoms with Crippen LogP contribution in [0, 0.1) is 13.8 Å². The normalized spacial score (nSPS) is 14.6. The zero-order valence-corrected chi connectivity index (χ0v) is 18.3. The van der Waals surface area contributed by atoms with Gasteiger partial charge in [0.1, 0.15) is 16.7 Å². The zero-order chi connectivity index (χ0) is 20.7. The van der Waals surface area contributed by atoms with Gasteiger partial charge in [0.2, 0.25) is 5.91 Å². The molecule has 1 amide bonds. The van der Waals surface area contributed by atoms with Crippen LogP contribution in [0.4, 0.5) is 5.69 Å². The van der Waals surface area contributed by atoms with Gasteiger partial charge in [-0.2, -0.15) is 0 Å². The highest BCUT2D eigenvalue weighted by molar-refractivity contribution is 7.18. The lowest BCUT2D eigenvalue weighted by molar-refractivity contribution is -0.118. The average molecular weight is 410 g/mol. The summed E-state index contributed by atoms with van der Waals surface area (Å²) in [6, 6.07) is 5.38. The topological polar surface area (TPSA) is 64.0 Å².